The van der Waals surface area contributed by atoms with Gasteiger partial charge in [-0.1, -0.05) is 13.8 Å². The van der Waals surface area contributed by atoms with Gasteiger partial charge in [-0.05, 0) is 20.3 Å². The minimum Gasteiger partial charge on any atom is -0.390 e. The Bertz CT molecular complexity index is 496. The topological polar surface area (TPSA) is 86.3 Å². The van der Waals surface area contributed by atoms with Crippen molar-refractivity contribution < 1.29 is 13.5 Å². The Labute approximate surface area is 108 Å². The summed E-state index contributed by atoms with van der Waals surface area (Å²) in [6.45, 7) is 7.26. The molecule has 0 aliphatic carbocycles. The minimum absolute atomic E-state index is 0.0826. The third-order valence-electron chi connectivity index (χ3n) is 3.07. The van der Waals surface area contributed by atoms with Crippen LogP contribution >= 0.6 is 0 Å². The Balaban J connectivity index is 3.31. The summed E-state index contributed by atoms with van der Waals surface area (Å²) in [4.78, 5) is 0.104. The van der Waals surface area contributed by atoms with Crippen molar-refractivity contribution in [2.24, 2.45) is 0 Å². The predicted octanol–water partition coefficient (Wildman–Crippen LogP) is 1.02. The summed E-state index contributed by atoms with van der Waals surface area (Å²) in [7, 11) is -3.61. The van der Waals surface area contributed by atoms with Gasteiger partial charge in [0.25, 0.3) is 0 Å². The van der Waals surface area contributed by atoms with Gasteiger partial charge in [-0.15, -0.1) is 0 Å². The molecule has 18 heavy (non-hydrogen) atoms. The van der Waals surface area contributed by atoms with Crippen LogP contribution in [0.2, 0.25) is 0 Å². The van der Waals surface area contributed by atoms with E-state index in [2.05, 4.69) is 10.2 Å². The number of H-pyrrole nitrogens is 1. The predicted molar refractivity (Wildman–Crippen MR) is 68.6 cm³/mol. The summed E-state index contributed by atoms with van der Waals surface area (Å²) in [6, 6.07) is -0.0826. The molecule has 0 radical (unpaired) electrons. The molecule has 0 amide bonds. The second-order valence-corrected chi connectivity index (χ2v) is 6.08. The third-order valence-corrected chi connectivity index (χ3v) is 5.37. The number of aromatic amines is 1. The molecule has 104 valence electrons. The summed E-state index contributed by atoms with van der Waals surface area (Å²) in [5.74, 6) is 0. The van der Waals surface area contributed by atoms with Gasteiger partial charge in [-0.25, -0.2) is 8.42 Å². The van der Waals surface area contributed by atoms with Crippen molar-refractivity contribution >= 4 is 10.0 Å². The van der Waals surface area contributed by atoms with Gasteiger partial charge >= 0.3 is 0 Å². The van der Waals surface area contributed by atoms with Crippen molar-refractivity contribution in [2.45, 2.75) is 51.7 Å². The molecule has 0 bridgehead atoms. The highest BCUT2D eigenvalue weighted by atomic mass is 32.2. The highest BCUT2D eigenvalue weighted by Crippen LogP contribution is 2.24. The van der Waals surface area contributed by atoms with Crippen LogP contribution in [-0.4, -0.2) is 40.6 Å². The molecule has 0 spiro atoms. The number of aliphatic hydroxyl groups is 1. The van der Waals surface area contributed by atoms with Crippen LogP contribution in [0.1, 0.15) is 38.6 Å². The van der Waals surface area contributed by atoms with Gasteiger partial charge in [0.1, 0.15) is 10.6 Å². The molecule has 0 aromatic carbocycles. The molecule has 0 fully saturated rings. The Morgan fingerprint density at radius 2 is 2.06 bits per heavy atom. The first-order valence-corrected chi connectivity index (χ1v) is 7.50. The fraction of sp³-hybridized carbons (Fsp3) is 0.727. The van der Waals surface area contributed by atoms with Gasteiger partial charge in [0.2, 0.25) is 10.0 Å². The number of aromatic nitrogens is 2. The number of nitrogens with one attached hydrogen (secondary N) is 1. The molecule has 1 aromatic heterocycles. The number of hydrogen-bond acceptors (Lipinski definition) is 4. The van der Waals surface area contributed by atoms with E-state index in [-0.39, 0.29) is 16.6 Å². The fourth-order valence-electron chi connectivity index (χ4n) is 1.96. The first-order valence-electron chi connectivity index (χ1n) is 6.06. The van der Waals surface area contributed by atoms with Gasteiger partial charge in [0, 0.05) is 12.6 Å². The van der Waals surface area contributed by atoms with E-state index >= 15 is 0 Å². The number of hydrogen-bond donors (Lipinski definition) is 2. The minimum atomic E-state index is -3.61. The van der Waals surface area contributed by atoms with Gasteiger partial charge in [0.05, 0.1) is 12.3 Å². The number of rotatable bonds is 6. The van der Waals surface area contributed by atoms with E-state index in [1.54, 1.807) is 13.8 Å². The molecule has 1 heterocycles. The van der Waals surface area contributed by atoms with E-state index in [9.17, 15) is 13.5 Å². The van der Waals surface area contributed by atoms with Gasteiger partial charge in [-0.3, -0.25) is 5.10 Å². The smallest absolute Gasteiger partial charge is 0.247 e. The van der Waals surface area contributed by atoms with E-state index in [0.29, 0.717) is 12.2 Å². The largest absolute Gasteiger partial charge is 0.390 e. The highest BCUT2D eigenvalue weighted by molar-refractivity contribution is 7.89. The quantitative estimate of drug-likeness (QED) is 0.811. The van der Waals surface area contributed by atoms with Crippen LogP contribution in [0.5, 0.6) is 0 Å². The Kier molecular flexibility index (Phi) is 4.89. The maximum absolute atomic E-state index is 12.6. The standard InChI is InChI=1S/C11H21N3O3S/c1-5-8(3)14(6-2)18(16,17)11-9(4)12-13-10(11)7-15/h8,15H,5-7H2,1-4H3,(H,12,13). The van der Waals surface area contributed by atoms with Gasteiger partial charge < -0.3 is 5.11 Å². The fourth-order valence-corrected chi connectivity index (χ4v) is 4.00. The molecule has 0 aliphatic rings. The third kappa shape index (κ3) is 2.57. The monoisotopic (exact) mass is 275 g/mol. The second kappa shape index (κ2) is 5.81. The van der Waals surface area contributed by atoms with Crippen LogP contribution in [0.15, 0.2) is 4.90 Å². The van der Waals surface area contributed by atoms with Crippen molar-refractivity contribution in [2.75, 3.05) is 6.54 Å². The number of aryl methyl sites for hydroxylation is 1. The lowest BCUT2D eigenvalue weighted by Gasteiger charge is -2.26. The Morgan fingerprint density at radius 1 is 1.44 bits per heavy atom. The second-order valence-electron chi connectivity index (χ2n) is 4.25. The summed E-state index contributed by atoms with van der Waals surface area (Å²) in [5, 5.41) is 15.6. The average Bonchev–Trinajstić information content (AvgIpc) is 2.71. The van der Waals surface area contributed by atoms with E-state index in [0.717, 1.165) is 6.42 Å². The lowest BCUT2D eigenvalue weighted by atomic mass is 10.3. The van der Waals surface area contributed by atoms with Crippen LogP contribution in [-0.2, 0) is 16.6 Å². The first kappa shape index (κ1) is 15.1. The Hall–Kier alpha value is -0.920. The molecule has 7 heteroatoms. The molecular formula is C11H21N3O3S. The van der Waals surface area contributed by atoms with Crippen LogP contribution < -0.4 is 0 Å². The van der Waals surface area contributed by atoms with Gasteiger partial charge in [-0.2, -0.15) is 9.40 Å². The number of aliphatic hydroxyl groups excluding tert-OH is 1. The van der Waals surface area contributed by atoms with Crippen LogP contribution in [0, 0.1) is 6.92 Å². The zero-order chi connectivity index (χ0) is 13.9. The Morgan fingerprint density at radius 3 is 2.50 bits per heavy atom. The van der Waals surface area contributed by atoms with E-state index in [1.807, 2.05) is 13.8 Å². The van der Waals surface area contributed by atoms with Crippen molar-refractivity contribution in [1.82, 2.24) is 14.5 Å². The van der Waals surface area contributed by atoms with Crippen LogP contribution in [0.25, 0.3) is 0 Å². The molecule has 0 aliphatic heterocycles. The maximum Gasteiger partial charge on any atom is 0.247 e. The summed E-state index contributed by atoms with van der Waals surface area (Å²) >= 11 is 0. The normalized spacial score (nSPS) is 14.1. The van der Waals surface area contributed by atoms with Gasteiger partial charge in [0.15, 0.2) is 0 Å². The molecule has 6 nitrogen and oxygen atoms in total. The molecule has 1 atom stereocenters. The number of nitrogens with zero attached hydrogens (tertiary/aromatic N) is 2. The molecular weight excluding hydrogens is 254 g/mol. The highest BCUT2D eigenvalue weighted by Gasteiger charge is 2.32. The summed E-state index contributed by atoms with van der Waals surface area (Å²) in [6.07, 6.45) is 0.735. The SMILES string of the molecule is CCC(C)N(CC)S(=O)(=O)c1c(CO)n[nH]c1C. The lowest BCUT2D eigenvalue weighted by molar-refractivity contribution is 0.272. The lowest BCUT2D eigenvalue weighted by Crippen LogP contribution is -2.38. The van der Waals surface area contributed by atoms with Crippen LogP contribution in [0.3, 0.4) is 0 Å². The van der Waals surface area contributed by atoms with Crippen LogP contribution in [0.4, 0.5) is 0 Å². The molecule has 0 saturated carbocycles. The summed E-state index contributed by atoms with van der Waals surface area (Å²) < 4.78 is 26.6. The summed E-state index contributed by atoms with van der Waals surface area (Å²) in [5.41, 5.74) is 0.634. The van der Waals surface area contributed by atoms with E-state index in [4.69, 9.17) is 0 Å². The van der Waals surface area contributed by atoms with Crippen molar-refractivity contribution in [3.63, 3.8) is 0 Å². The van der Waals surface area contributed by atoms with E-state index < -0.39 is 16.6 Å². The first-order chi connectivity index (χ1) is 8.39. The van der Waals surface area contributed by atoms with E-state index in [1.165, 1.54) is 4.31 Å². The zero-order valence-corrected chi connectivity index (χ0v) is 12.1. The molecule has 1 aromatic rings. The van der Waals surface area contributed by atoms with Crippen molar-refractivity contribution in [3.05, 3.63) is 11.4 Å². The zero-order valence-electron chi connectivity index (χ0n) is 11.3. The van der Waals surface area contributed by atoms with Crippen molar-refractivity contribution in [3.8, 4) is 0 Å². The van der Waals surface area contributed by atoms with Crippen molar-refractivity contribution in [1.29, 1.82) is 0 Å². The maximum atomic E-state index is 12.6. The molecule has 1 unspecified atom stereocenters. The number of sulfonamides is 1. The molecule has 0 saturated heterocycles. The molecule has 2 N–H and O–H groups in total. The molecule has 1 rings (SSSR count). The average molecular weight is 275 g/mol.